The van der Waals surface area contributed by atoms with Crippen molar-refractivity contribution in [3.63, 3.8) is 0 Å². The average Bonchev–Trinajstić information content (AvgIpc) is 2.90. The molecule has 3 aromatic rings. The van der Waals surface area contributed by atoms with Crippen molar-refractivity contribution in [2.24, 2.45) is 0 Å². The topological polar surface area (TPSA) is 77.2 Å². The number of aromatic nitrogens is 3. The number of carbonyl (C=O) groups is 1. The minimum atomic E-state index is -1.09. The first-order valence-electron chi connectivity index (χ1n) is 6.03. The molecule has 1 aromatic heterocycles. The number of carboxylic acids is 1. The number of rotatable bonds is 3. The minimum Gasteiger partial charge on any atom is -0.494 e. The fourth-order valence-corrected chi connectivity index (χ4v) is 2.14. The van der Waals surface area contributed by atoms with E-state index in [0.29, 0.717) is 16.7 Å². The number of fused-ring (bicyclic) bond motifs is 1. The quantitative estimate of drug-likeness (QED) is 0.799. The van der Waals surface area contributed by atoms with E-state index >= 15 is 0 Å². The molecule has 0 spiro atoms. The Kier molecular flexibility index (Phi) is 3.02. The molecule has 1 heterocycles. The van der Waals surface area contributed by atoms with Crippen molar-refractivity contribution in [2.45, 2.75) is 0 Å². The van der Waals surface area contributed by atoms with Gasteiger partial charge in [-0.05, 0) is 24.3 Å². The van der Waals surface area contributed by atoms with Crippen LogP contribution in [0.1, 0.15) is 10.4 Å². The molecular weight excluding hydrogens is 277 g/mol. The van der Waals surface area contributed by atoms with Crippen molar-refractivity contribution in [3.05, 3.63) is 47.8 Å². The van der Waals surface area contributed by atoms with Crippen LogP contribution in [0.25, 0.3) is 16.7 Å². The normalized spacial score (nSPS) is 10.8. The molecule has 0 aliphatic carbocycles. The third kappa shape index (κ3) is 2.08. The molecule has 0 fully saturated rings. The second kappa shape index (κ2) is 4.86. The first kappa shape index (κ1) is 13.0. The lowest BCUT2D eigenvalue weighted by Crippen LogP contribution is -2.05. The highest BCUT2D eigenvalue weighted by Crippen LogP contribution is 2.27. The fourth-order valence-electron chi connectivity index (χ4n) is 2.14. The van der Waals surface area contributed by atoms with Gasteiger partial charge in [-0.1, -0.05) is 11.3 Å². The molecule has 0 saturated heterocycles. The van der Waals surface area contributed by atoms with Gasteiger partial charge in [0, 0.05) is 6.07 Å². The molecule has 0 radical (unpaired) electrons. The largest absolute Gasteiger partial charge is 0.494 e. The van der Waals surface area contributed by atoms with E-state index in [9.17, 15) is 14.3 Å². The second-order valence-electron chi connectivity index (χ2n) is 4.30. The summed E-state index contributed by atoms with van der Waals surface area (Å²) in [4.78, 5) is 11.3. The number of benzene rings is 2. The van der Waals surface area contributed by atoms with Gasteiger partial charge in [-0.3, -0.25) is 0 Å². The number of para-hydroxylation sites is 1. The van der Waals surface area contributed by atoms with Crippen LogP contribution in [-0.2, 0) is 0 Å². The number of halogens is 1. The molecular formula is C14H10FN3O3. The van der Waals surface area contributed by atoms with Gasteiger partial charge in [0.1, 0.15) is 28.3 Å². The van der Waals surface area contributed by atoms with E-state index in [1.54, 1.807) is 12.1 Å². The van der Waals surface area contributed by atoms with Crippen molar-refractivity contribution in [2.75, 3.05) is 7.11 Å². The zero-order valence-electron chi connectivity index (χ0n) is 10.9. The molecule has 0 aliphatic rings. The van der Waals surface area contributed by atoms with E-state index in [4.69, 9.17) is 4.74 Å². The van der Waals surface area contributed by atoms with Crippen LogP contribution in [0.15, 0.2) is 36.4 Å². The number of hydrogen-bond acceptors (Lipinski definition) is 4. The van der Waals surface area contributed by atoms with Gasteiger partial charge in [0.25, 0.3) is 0 Å². The number of carboxylic acid groups (broad SMARTS) is 1. The summed E-state index contributed by atoms with van der Waals surface area (Å²) < 4.78 is 19.7. The van der Waals surface area contributed by atoms with E-state index < -0.39 is 11.8 Å². The molecule has 2 aromatic carbocycles. The van der Waals surface area contributed by atoms with Gasteiger partial charge in [-0.15, -0.1) is 5.10 Å². The molecule has 0 amide bonds. The fraction of sp³-hybridized carbons (Fsp3) is 0.0714. The molecule has 6 nitrogen and oxygen atoms in total. The van der Waals surface area contributed by atoms with Gasteiger partial charge in [0.05, 0.1) is 12.7 Å². The molecule has 106 valence electrons. The predicted octanol–water partition coefficient (Wildman–Crippen LogP) is 2.27. The smallest absolute Gasteiger partial charge is 0.337 e. The molecule has 7 heteroatoms. The number of methoxy groups -OCH3 is 1. The standard InChI is InChI=1S/C14H10FN3O3/c1-21-12-7-8(15)5-6-11(12)18-13-9(14(19)20)3-2-4-10(13)16-17-18/h2-7H,1H3,(H,19,20). The maximum atomic E-state index is 13.3. The lowest BCUT2D eigenvalue weighted by molar-refractivity contribution is 0.0698. The van der Waals surface area contributed by atoms with Crippen LogP contribution in [0.5, 0.6) is 5.75 Å². The Bertz CT molecular complexity index is 845. The van der Waals surface area contributed by atoms with E-state index in [-0.39, 0.29) is 11.3 Å². The van der Waals surface area contributed by atoms with Gasteiger partial charge in [-0.25, -0.2) is 13.9 Å². The van der Waals surface area contributed by atoms with E-state index in [2.05, 4.69) is 10.3 Å². The van der Waals surface area contributed by atoms with Crippen LogP contribution in [-0.4, -0.2) is 33.2 Å². The van der Waals surface area contributed by atoms with Gasteiger partial charge >= 0.3 is 5.97 Å². The number of aromatic carboxylic acids is 1. The van der Waals surface area contributed by atoms with Crippen molar-refractivity contribution in [1.29, 1.82) is 0 Å². The lowest BCUT2D eigenvalue weighted by atomic mass is 10.1. The highest BCUT2D eigenvalue weighted by molar-refractivity contribution is 6.01. The van der Waals surface area contributed by atoms with Crippen molar-refractivity contribution >= 4 is 17.0 Å². The van der Waals surface area contributed by atoms with Gasteiger partial charge in [0.15, 0.2) is 0 Å². The van der Waals surface area contributed by atoms with Crippen LogP contribution in [0.2, 0.25) is 0 Å². The van der Waals surface area contributed by atoms with Crippen LogP contribution in [0, 0.1) is 5.82 Å². The number of nitrogens with zero attached hydrogens (tertiary/aromatic N) is 3. The summed E-state index contributed by atoms with van der Waals surface area (Å²) in [7, 11) is 1.40. The van der Waals surface area contributed by atoms with Crippen molar-refractivity contribution in [1.82, 2.24) is 15.0 Å². The molecule has 0 aliphatic heterocycles. The van der Waals surface area contributed by atoms with E-state index in [1.165, 1.54) is 36.1 Å². The lowest BCUT2D eigenvalue weighted by Gasteiger charge is -2.09. The second-order valence-corrected chi connectivity index (χ2v) is 4.30. The van der Waals surface area contributed by atoms with Crippen LogP contribution >= 0.6 is 0 Å². The van der Waals surface area contributed by atoms with E-state index in [1.807, 2.05) is 0 Å². The molecule has 0 unspecified atom stereocenters. The summed E-state index contributed by atoms with van der Waals surface area (Å²) in [6.07, 6.45) is 0. The zero-order valence-corrected chi connectivity index (χ0v) is 10.9. The Balaban J connectivity index is 2.33. The third-order valence-corrected chi connectivity index (χ3v) is 3.07. The molecule has 0 saturated carbocycles. The zero-order chi connectivity index (χ0) is 15.0. The van der Waals surface area contributed by atoms with Gasteiger partial charge in [0.2, 0.25) is 0 Å². The average molecular weight is 287 g/mol. The van der Waals surface area contributed by atoms with Crippen LogP contribution in [0.3, 0.4) is 0 Å². The molecule has 3 rings (SSSR count). The predicted molar refractivity (Wildman–Crippen MR) is 72.3 cm³/mol. The Morgan fingerprint density at radius 2 is 2.14 bits per heavy atom. The molecule has 0 bridgehead atoms. The molecule has 0 atom stereocenters. The molecule has 1 N–H and O–H groups in total. The highest BCUT2D eigenvalue weighted by atomic mass is 19.1. The van der Waals surface area contributed by atoms with E-state index in [0.717, 1.165) is 0 Å². The summed E-state index contributed by atoms with van der Waals surface area (Å²) in [5.41, 5.74) is 1.23. The first-order valence-corrected chi connectivity index (χ1v) is 6.03. The molecule has 21 heavy (non-hydrogen) atoms. The van der Waals surface area contributed by atoms with Crippen molar-refractivity contribution in [3.8, 4) is 11.4 Å². The van der Waals surface area contributed by atoms with Gasteiger partial charge in [-0.2, -0.15) is 0 Å². The highest BCUT2D eigenvalue weighted by Gasteiger charge is 2.18. The Morgan fingerprint density at radius 1 is 1.33 bits per heavy atom. The summed E-state index contributed by atoms with van der Waals surface area (Å²) in [5, 5.41) is 17.2. The van der Waals surface area contributed by atoms with Crippen LogP contribution in [0.4, 0.5) is 4.39 Å². The summed E-state index contributed by atoms with van der Waals surface area (Å²) in [6.45, 7) is 0. The Morgan fingerprint density at radius 3 is 2.86 bits per heavy atom. The van der Waals surface area contributed by atoms with Crippen molar-refractivity contribution < 1.29 is 19.0 Å². The maximum absolute atomic E-state index is 13.3. The van der Waals surface area contributed by atoms with Crippen LogP contribution < -0.4 is 4.74 Å². The monoisotopic (exact) mass is 287 g/mol. The Hall–Kier alpha value is -2.96. The minimum absolute atomic E-state index is 0.0591. The Labute approximate surface area is 118 Å². The van der Waals surface area contributed by atoms with Gasteiger partial charge < -0.3 is 9.84 Å². The third-order valence-electron chi connectivity index (χ3n) is 3.07. The summed E-state index contributed by atoms with van der Waals surface area (Å²) in [5.74, 6) is -1.31. The maximum Gasteiger partial charge on any atom is 0.337 e. The summed E-state index contributed by atoms with van der Waals surface area (Å²) in [6, 6.07) is 8.61. The SMILES string of the molecule is COc1cc(F)ccc1-n1nnc2cccc(C(=O)O)c21. The number of ether oxygens (including phenoxy) is 1. The first-order chi connectivity index (χ1) is 10.1. The summed E-state index contributed by atoms with van der Waals surface area (Å²) >= 11 is 0. The number of hydrogen-bond donors (Lipinski definition) is 1.